The first kappa shape index (κ1) is 16.8. The lowest BCUT2D eigenvalue weighted by Gasteiger charge is -2.21. The highest BCUT2D eigenvalue weighted by atomic mass is 16.5. The molecule has 0 aliphatic rings. The van der Waals surface area contributed by atoms with E-state index in [-0.39, 0.29) is 0 Å². The van der Waals surface area contributed by atoms with Crippen molar-refractivity contribution in [2.24, 2.45) is 0 Å². The summed E-state index contributed by atoms with van der Waals surface area (Å²) in [6.07, 6.45) is 0. The minimum absolute atomic E-state index is 0.329. The van der Waals surface area contributed by atoms with Gasteiger partial charge in [0.25, 0.3) is 0 Å². The molecule has 5 heteroatoms. The maximum absolute atomic E-state index is 5.86. The first-order valence-electron chi connectivity index (χ1n) is 7.21. The third kappa shape index (κ3) is 3.28. The Bertz CT molecular complexity index is 652. The van der Waals surface area contributed by atoms with Gasteiger partial charge in [-0.2, -0.15) is 0 Å². The van der Waals surface area contributed by atoms with Crippen LogP contribution in [0.25, 0.3) is 0 Å². The molecule has 2 aromatic rings. The van der Waals surface area contributed by atoms with Crippen molar-refractivity contribution < 1.29 is 23.7 Å². The molecule has 0 aliphatic carbocycles. The van der Waals surface area contributed by atoms with Crippen LogP contribution < -0.4 is 23.7 Å². The average molecular weight is 318 g/mol. The molecule has 2 aromatic carbocycles. The maximum Gasteiger partial charge on any atom is 0.207 e. The Kier molecular flexibility index (Phi) is 5.57. The van der Waals surface area contributed by atoms with Crippen LogP contribution in [-0.4, -0.2) is 28.4 Å². The Morgan fingerprint density at radius 1 is 0.696 bits per heavy atom. The summed E-state index contributed by atoms with van der Waals surface area (Å²) in [6, 6.07) is 9.60. The molecule has 0 aliphatic heterocycles. The highest BCUT2D eigenvalue weighted by molar-refractivity contribution is 5.66. The second kappa shape index (κ2) is 7.63. The standard InChI is InChI=1S/C18H22O5/c1-12-14(11-23-13-9-7-6-8-10-13)16(20-3)18(22-5)17(21-4)15(12)19-2/h6-10H,11H2,1-5H3. The summed E-state index contributed by atoms with van der Waals surface area (Å²) in [5.74, 6) is 2.97. The van der Waals surface area contributed by atoms with Crippen LogP contribution in [0, 0.1) is 6.92 Å². The van der Waals surface area contributed by atoms with Gasteiger partial charge in [0.1, 0.15) is 12.4 Å². The topological polar surface area (TPSA) is 46.2 Å². The number of rotatable bonds is 7. The Hall–Kier alpha value is -2.56. The van der Waals surface area contributed by atoms with Crippen molar-refractivity contribution >= 4 is 0 Å². The molecule has 0 spiro atoms. The summed E-state index contributed by atoms with van der Waals surface area (Å²) >= 11 is 0. The van der Waals surface area contributed by atoms with Crippen LogP contribution in [0.2, 0.25) is 0 Å². The van der Waals surface area contributed by atoms with Crippen LogP contribution >= 0.6 is 0 Å². The van der Waals surface area contributed by atoms with Gasteiger partial charge < -0.3 is 23.7 Å². The lowest BCUT2D eigenvalue weighted by atomic mass is 10.0. The van der Waals surface area contributed by atoms with Crippen molar-refractivity contribution in [2.45, 2.75) is 13.5 Å². The maximum atomic E-state index is 5.86. The molecule has 0 heterocycles. The van der Waals surface area contributed by atoms with Crippen molar-refractivity contribution in [3.05, 3.63) is 41.5 Å². The van der Waals surface area contributed by atoms with E-state index in [0.717, 1.165) is 16.9 Å². The molecular formula is C18H22O5. The van der Waals surface area contributed by atoms with Gasteiger partial charge in [0, 0.05) is 11.1 Å². The predicted octanol–water partition coefficient (Wildman–Crippen LogP) is 3.61. The van der Waals surface area contributed by atoms with Gasteiger partial charge in [0.05, 0.1) is 28.4 Å². The van der Waals surface area contributed by atoms with Crippen molar-refractivity contribution in [3.63, 3.8) is 0 Å². The van der Waals surface area contributed by atoms with Crippen molar-refractivity contribution in [1.82, 2.24) is 0 Å². The molecule has 2 rings (SSSR count). The van der Waals surface area contributed by atoms with Gasteiger partial charge in [0.15, 0.2) is 11.5 Å². The van der Waals surface area contributed by atoms with Gasteiger partial charge in [-0.25, -0.2) is 0 Å². The van der Waals surface area contributed by atoms with Gasteiger partial charge in [-0.05, 0) is 19.1 Å². The van der Waals surface area contributed by atoms with Gasteiger partial charge in [-0.1, -0.05) is 18.2 Å². The quantitative estimate of drug-likeness (QED) is 0.780. The Balaban J connectivity index is 2.48. The van der Waals surface area contributed by atoms with E-state index in [9.17, 15) is 0 Å². The fraction of sp³-hybridized carbons (Fsp3) is 0.333. The smallest absolute Gasteiger partial charge is 0.207 e. The number of benzene rings is 2. The molecule has 0 bridgehead atoms. The third-order valence-corrected chi connectivity index (χ3v) is 3.63. The van der Waals surface area contributed by atoms with E-state index in [1.807, 2.05) is 37.3 Å². The lowest BCUT2D eigenvalue weighted by Crippen LogP contribution is -2.07. The minimum Gasteiger partial charge on any atom is -0.492 e. The first-order valence-corrected chi connectivity index (χ1v) is 7.21. The number of hydrogen-bond donors (Lipinski definition) is 0. The minimum atomic E-state index is 0.329. The Morgan fingerprint density at radius 2 is 1.22 bits per heavy atom. The number of para-hydroxylation sites is 1. The first-order chi connectivity index (χ1) is 11.2. The highest BCUT2D eigenvalue weighted by Gasteiger charge is 2.25. The molecular weight excluding hydrogens is 296 g/mol. The van der Waals surface area contributed by atoms with E-state index in [2.05, 4.69) is 0 Å². The summed E-state index contributed by atoms with van der Waals surface area (Å²) in [7, 11) is 6.32. The number of methoxy groups -OCH3 is 4. The van der Waals surface area contributed by atoms with Crippen LogP contribution in [-0.2, 0) is 6.61 Å². The summed E-state index contributed by atoms with van der Waals surface area (Å²) in [4.78, 5) is 0. The predicted molar refractivity (Wildman–Crippen MR) is 88.2 cm³/mol. The molecule has 0 amide bonds. The Labute approximate surface area is 136 Å². The zero-order valence-corrected chi connectivity index (χ0v) is 14.1. The van der Waals surface area contributed by atoms with Crippen LogP contribution in [0.1, 0.15) is 11.1 Å². The number of hydrogen-bond acceptors (Lipinski definition) is 5. The third-order valence-electron chi connectivity index (χ3n) is 3.63. The van der Waals surface area contributed by atoms with Crippen molar-refractivity contribution in [1.29, 1.82) is 0 Å². The normalized spacial score (nSPS) is 10.1. The largest absolute Gasteiger partial charge is 0.492 e. The summed E-state index contributed by atoms with van der Waals surface area (Å²) in [5, 5.41) is 0. The Morgan fingerprint density at radius 3 is 1.74 bits per heavy atom. The molecule has 0 atom stereocenters. The number of ether oxygens (including phenoxy) is 5. The molecule has 23 heavy (non-hydrogen) atoms. The zero-order valence-electron chi connectivity index (χ0n) is 14.1. The monoisotopic (exact) mass is 318 g/mol. The van der Waals surface area contributed by atoms with Crippen molar-refractivity contribution in [3.8, 4) is 28.7 Å². The SMILES string of the molecule is COc1c(C)c(COc2ccccc2)c(OC)c(OC)c1OC. The van der Waals surface area contributed by atoms with E-state index in [0.29, 0.717) is 29.6 Å². The summed E-state index contributed by atoms with van der Waals surface area (Å²) in [5.41, 5.74) is 1.74. The van der Waals surface area contributed by atoms with E-state index < -0.39 is 0 Å². The van der Waals surface area contributed by atoms with Crippen LogP contribution in [0.4, 0.5) is 0 Å². The molecule has 0 saturated heterocycles. The van der Waals surface area contributed by atoms with Crippen molar-refractivity contribution in [2.75, 3.05) is 28.4 Å². The summed E-state index contributed by atoms with van der Waals surface area (Å²) in [6.45, 7) is 2.27. The lowest BCUT2D eigenvalue weighted by molar-refractivity contribution is 0.277. The van der Waals surface area contributed by atoms with Gasteiger partial charge in [-0.15, -0.1) is 0 Å². The molecule has 5 nitrogen and oxygen atoms in total. The zero-order chi connectivity index (χ0) is 16.8. The van der Waals surface area contributed by atoms with Gasteiger partial charge >= 0.3 is 0 Å². The second-order valence-corrected chi connectivity index (χ2v) is 4.84. The van der Waals surface area contributed by atoms with Crippen LogP contribution in [0.3, 0.4) is 0 Å². The molecule has 0 N–H and O–H groups in total. The second-order valence-electron chi connectivity index (χ2n) is 4.84. The fourth-order valence-electron chi connectivity index (χ4n) is 2.50. The highest BCUT2D eigenvalue weighted by Crippen LogP contribution is 2.49. The molecule has 0 fully saturated rings. The average Bonchev–Trinajstić information content (AvgIpc) is 2.60. The van der Waals surface area contributed by atoms with E-state index >= 15 is 0 Å². The van der Waals surface area contributed by atoms with E-state index in [4.69, 9.17) is 23.7 Å². The molecule has 0 aromatic heterocycles. The van der Waals surface area contributed by atoms with Crippen LogP contribution in [0.15, 0.2) is 30.3 Å². The molecule has 0 saturated carbocycles. The molecule has 0 radical (unpaired) electrons. The summed E-state index contributed by atoms with van der Waals surface area (Å²) < 4.78 is 27.8. The fourth-order valence-corrected chi connectivity index (χ4v) is 2.50. The van der Waals surface area contributed by atoms with Crippen LogP contribution in [0.5, 0.6) is 28.7 Å². The molecule has 0 unspecified atom stereocenters. The van der Waals surface area contributed by atoms with E-state index in [1.54, 1.807) is 28.4 Å². The van der Waals surface area contributed by atoms with Gasteiger partial charge in [-0.3, -0.25) is 0 Å². The van der Waals surface area contributed by atoms with E-state index in [1.165, 1.54) is 0 Å². The van der Waals surface area contributed by atoms with Gasteiger partial charge in [0.2, 0.25) is 11.5 Å². The molecule has 124 valence electrons.